The molecule has 0 saturated carbocycles. The molecule has 0 aliphatic rings. The third-order valence-electron chi connectivity index (χ3n) is 2.08. The Kier molecular flexibility index (Phi) is 15.9. The number of nitriles is 2. The van der Waals surface area contributed by atoms with Gasteiger partial charge in [-0.1, -0.05) is 13.8 Å². The third-order valence-corrected chi connectivity index (χ3v) is 4.19. The summed E-state index contributed by atoms with van der Waals surface area (Å²) in [5.74, 6) is 0. The van der Waals surface area contributed by atoms with E-state index in [9.17, 15) is 0 Å². The van der Waals surface area contributed by atoms with Crippen LogP contribution < -0.4 is 0 Å². The molecule has 20 heavy (non-hydrogen) atoms. The first-order chi connectivity index (χ1) is 9.54. The molecule has 0 aromatic heterocycles. The van der Waals surface area contributed by atoms with Crippen LogP contribution in [-0.2, 0) is 9.05 Å². The van der Waals surface area contributed by atoms with E-state index in [1.807, 2.05) is 26.0 Å². The Morgan fingerprint density at radius 1 is 0.900 bits per heavy atom. The highest BCUT2D eigenvalue weighted by Gasteiger charge is 2.26. The fourth-order valence-electron chi connectivity index (χ4n) is 1.48. The number of nitrogens with zero attached hydrogens (tertiary/aromatic N) is 3. The van der Waals surface area contributed by atoms with Gasteiger partial charge in [-0.3, -0.25) is 0 Å². The molecule has 0 atom stereocenters. The highest BCUT2D eigenvalue weighted by molar-refractivity contribution is 7.44. The maximum atomic E-state index is 8.53. The molecule has 0 bridgehead atoms. The standard InChI is InChI=1S/C12H22N3O2P.C2H6/c1-11(2)15(12(3)4)18(16-9-5-7-13)17-10-6-8-14;1-2/h11-12H,5-6,9-10H2,1-4H3;1-2H3. The monoisotopic (exact) mass is 301 g/mol. The minimum absolute atomic E-state index is 0.292. The van der Waals surface area contributed by atoms with E-state index in [1.165, 1.54) is 0 Å². The molecule has 0 unspecified atom stereocenters. The van der Waals surface area contributed by atoms with Gasteiger partial charge in [-0.2, -0.15) is 10.5 Å². The second-order valence-electron chi connectivity index (χ2n) is 4.29. The van der Waals surface area contributed by atoms with Crippen LogP contribution in [0.2, 0.25) is 0 Å². The van der Waals surface area contributed by atoms with Crippen LogP contribution in [0, 0.1) is 22.7 Å². The van der Waals surface area contributed by atoms with Crippen LogP contribution in [0.25, 0.3) is 0 Å². The van der Waals surface area contributed by atoms with Crippen molar-refractivity contribution in [1.82, 2.24) is 4.67 Å². The van der Waals surface area contributed by atoms with Crippen molar-refractivity contribution >= 4 is 8.53 Å². The van der Waals surface area contributed by atoms with E-state index >= 15 is 0 Å². The Labute approximate surface area is 125 Å². The lowest BCUT2D eigenvalue weighted by atomic mass is 10.3. The highest BCUT2D eigenvalue weighted by Crippen LogP contribution is 2.45. The molecule has 0 fully saturated rings. The van der Waals surface area contributed by atoms with E-state index in [-0.39, 0.29) is 0 Å². The molecular formula is C14H28N3O2P. The molecule has 0 amide bonds. The summed E-state index contributed by atoms with van der Waals surface area (Å²) in [6.45, 7) is 13.1. The zero-order valence-corrected chi connectivity index (χ0v) is 14.5. The van der Waals surface area contributed by atoms with Gasteiger partial charge < -0.3 is 9.05 Å². The molecule has 6 heteroatoms. The fraction of sp³-hybridized carbons (Fsp3) is 0.857. The van der Waals surface area contributed by atoms with Gasteiger partial charge in [-0.15, -0.1) is 0 Å². The van der Waals surface area contributed by atoms with Crippen molar-refractivity contribution < 1.29 is 9.05 Å². The van der Waals surface area contributed by atoms with E-state index in [2.05, 4.69) is 32.4 Å². The van der Waals surface area contributed by atoms with Gasteiger partial charge in [-0.05, 0) is 27.7 Å². The van der Waals surface area contributed by atoms with Gasteiger partial charge in [0.05, 0.1) is 38.2 Å². The minimum atomic E-state index is -1.20. The molecule has 0 saturated heterocycles. The van der Waals surface area contributed by atoms with E-state index in [0.29, 0.717) is 38.1 Å². The molecule has 0 heterocycles. The van der Waals surface area contributed by atoms with Gasteiger partial charge in [-0.25, -0.2) is 4.67 Å². The van der Waals surface area contributed by atoms with Crippen LogP contribution in [-0.4, -0.2) is 30.0 Å². The van der Waals surface area contributed by atoms with Crippen LogP contribution in [0.3, 0.4) is 0 Å². The predicted octanol–water partition coefficient (Wildman–Crippen LogP) is 4.22. The van der Waals surface area contributed by atoms with Crippen LogP contribution in [0.1, 0.15) is 54.4 Å². The molecular weight excluding hydrogens is 273 g/mol. The number of rotatable bonds is 9. The fourth-order valence-corrected chi connectivity index (χ4v) is 3.07. The summed E-state index contributed by atoms with van der Waals surface area (Å²) in [5, 5.41) is 17.1. The molecule has 5 nitrogen and oxygen atoms in total. The normalized spacial score (nSPS) is 10.4. The summed E-state index contributed by atoms with van der Waals surface area (Å²) < 4.78 is 13.4. The lowest BCUT2D eigenvalue weighted by molar-refractivity contribution is 0.178. The van der Waals surface area contributed by atoms with E-state index in [1.54, 1.807) is 0 Å². The summed E-state index contributed by atoms with van der Waals surface area (Å²) in [6.07, 6.45) is 0.703. The lowest BCUT2D eigenvalue weighted by Crippen LogP contribution is -2.33. The summed E-state index contributed by atoms with van der Waals surface area (Å²) in [5.41, 5.74) is 0. The number of hydrogen-bond donors (Lipinski definition) is 0. The van der Waals surface area contributed by atoms with E-state index in [4.69, 9.17) is 19.6 Å². The Bertz CT molecular complexity index is 270. The topological polar surface area (TPSA) is 69.3 Å². The molecule has 0 spiro atoms. The van der Waals surface area contributed by atoms with Gasteiger partial charge in [0, 0.05) is 12.1 Å². The maximum absolute atomic E-state index is 8.53. The minimum Gasteiger partial charge on any atom is -0.321 e. The molecule has 0 rings (SSSR count). The highest BCUT2D eigenvalue weighted by atomic mass is 31.2. The maximum Gasteiger partial charge on any atom is 0.259 e. The first-order valence-electron chi connectivity index (χ1n) is 7.12. The van der Waals surface area contributed by atoms with Gasteiger partial charge >= 0.3 is 0 Å². The molecule has 0 aliphatic heterocycles. The zero-order valence-electron chi connectivity index (χ0n) is 13.6. The van der Waals surface area contributed by atoms with Gasteiger partial charge in [0.2, 0.25) is 0 Å². The van der Waals surface area contributed by atoms with Gasteiger partial charge in [0.25, 0.3) is 8.53 Å². The quantitative estimate of drug-likeness (QED) is 0.471. The first-order valence-corrected chi connectivity index (χ1v) is 8.25. The SMILES string of the molecule is CC.CC(C)N(C(C)C)P(OCCC#N)OCCC#N. The summed E-state index contributed by atoms with van der Waals surface area (Å²) in [4.78, 5) is 0. The average Bonchev–Trinajstić information content (AvgIpc) is 2.40. The third kappa shape index (κ3) is 10.1. The van der Waals surface area contributed by atoms with Crippen molar-refractivity contribution in [3.05, 3.63) is 0 Å². The largest absolute Gasteiger partial charge is 0.321 e. The van der Waals surface area contributed by atoms with E-state index in [0.717, 1.165) is 0 Å². The molecule has 0 N–H and O–H groups in total. The van der Waals surface area contributed by atoms with E-state index < -0.39 is 8.53 Å². The van der Waals surface area contributed by atoms with Crippen molar-refractivity contribution in [3.63, 3.8) is 0 Å². The molecule has 0 radical (unpaired) electrons. The van der Waals surface area contributed by atoms with Gasteiger partial charge in [0.15, 0.2) is 0 Å². The van der Waals surface area contributed by atoms with Crippen LogP contribution in [0.5, 0.6) is 0 Å². The molecule has 0 aromatic carbocycles. The Morgan fingerprint density at radius 3 is 1.50 bits per heavy atom. The second-order valence-corrected chi connectivity index (χ2v) is 5.74. The first kappa shape index (κ1) is 21.6. The summed E-state index contributed by atoms with van der Waals surface area (Å²) >= 11 is 0. The van der Waals surface area contributed by atoms with Crippen LogP contribution in [0.4, 0.5) is 0 Å². The lowest BCUT2D eigenvalue weighted by Gasteiger charge is -2.35. The zero-order chi connectivity index (χ0) is 16.0. The van der Waals surface area contributed by atoms with Crippen molar-refractivity contribution in [3.8, 4) is 12.1 Å². The van der Waals surface area contributed by atoms with Crippen molar-refractivity contribution in [2.45, 2.75) is 66.5 Å². The van der Waals surface area contributed by atoms with Crippen LogP contribution in [0.15, 0.2) is 0 Å². The Hall–Kier alpha value is -0.710. The second kappa shape index (κ2) is 14.7. The van der Waals surface area contributed by atoms with Crippen molar-refractivity contribution in [1.29, 1.82) is 10.5 Å². The summed E-state index contributed by atoms with van der Waals surface area (Å²) in [7, 11) is -1.20. The Morgan fingerprint density at radius 2 is 1.25 bits per heavy atom. The molecule has 116 valence electrons. The average molecular weight is 301 g/mol. The summed E-state index contributed by atoms with van der Waals surface area (Å²) in [6, 6.07) is 4.68. The van der Waals surface area contributed by atoms with Crippen molar-refractivity contribution in [2.24, 2.45) is 0 Å². The van der Waals surface area contributed by atoms with Crippen LogP contribution >= 0.6 is 8.53 Å². The smallest absolute Gasteiger partial charge is 0.259 e. The molecule has 0 aliphatic carbocycles. The Balaban J connectivity index is 0. The predicted molar refractivity (Wildman–Crippen MR) is 82.7 cm³/mol. The molecule has 0 aromatic rings. The van der Waals surface area contributed by atoms with Gasteiger partial charge in [0.1, 0.15) is 0 Å². The van der Waals surface area contributed by atoms with Crippen molar-refractivity contribution in [2.75, 3.05) is 13.2 Å². The number of hydrogen-bond acceptors (Lipinski definition) is 5.